The molecular formula is C10H14N2O5S. The molecule has 7 nitrogen and oxygen atoms in total. The van der Waals surface area contributed by atoms with Crippen LogP contribution in [0.4, 0.5) is 0 Å². The number of aliphatic carboxylic acids is 1. The Balaban J connectivity index is 3.13. The first-order valence-corrected chi connectivity index (χ1v) is 6.54. The molecule has 100 valence electrons. The lowest BCUT2D eigenvalue weighted by atomic mass is 9.98. The maximum atomic E-state index is 11.9. The highest BCUT2D eigenvalue weighted by molar-refractivity contribution is 7.89. The predicted octanol–water partition coefficient (Wildman–Crippen LogP) is -0.416. The molecule has 1 aromatic heterocycles. The van der Waals surface area contributed by atoms with Gasteiger partial charge in [0.15, 0.2) is 5.54 Å². The van der Waals surface area contributed by atoms with Crippen molar-refractivity contribution in [1.82, 2.24) is 9.71 Å². The number of carboxylic acid groups (broad SMARTS) is 1. The molecule has 8 heteroatoms. The zero-order chi connectivity index (χ0) is 14.0. The lowest BCUT2D eigenvalue weighted by Crippen LogP contribution is -2.58. The van der Waals surface area contributed by atoms with Gasteiger partial charge >= 0.3 is 5.97 Å². The number of aromatic nitrogens is 1. The third-order valence-corrected chi connectivity index (χ3v) is 4.13. The summed E-state index contributed by atoms with van der Waals surface area (Å²) in [5, 5.41) is 18.4. The van der Waals surface area contributed by atoms with Crippen LogP contribution in [-0.4, -0.2) is 41.2 Å². The second kappa shape index (κ2) is 5.01. The van der Waals surface area contributed by atoms with Crippen molar-refractivity contribution in [3.63, 3.8) is 0 Å². The molecule has 1 heterocycles. The minimum absolute atomic E-state index is 0.168. The number of pyridine rings is 1. The van der Waals surface area contributed by atoms with Crippen LogP contribution in [0.15, 0.2) is 29.4 Å². The second-order valence-electron chi connectivity index (χ2n) is 3.98. The number of hydrogen-bond acceptors (Lipinski definition) is 5. The number of carboxylic acids is 1. The molecule has 1 aromatic rings. The van der Waals surface area contributed by atoms with Gasteiger partial charge in [-0.2, -0.15) is 4.72 Å². The summed E-state index contributed by atoms with van der Waals surface area (Å²) in [6, 6.07) is 2.69. The van der Waals surface area contributed by atoms with E-state index in [1.807, 2.05) is 4.72 Å². The molecule has 2 atom stereocenters. The molecule has 1 rings (SSSR count). The number of aliphatic hydroxyl groups excluding tert-OH is 1. The molecule has 0 radical (unpaired) electrons. The number of sulfonamides is 1. The van der Waals surface area contributed by atoms with E-state index < -0.39 is 27.6 Å². The summed E-state index contributed by atoms with van der Waals surface area (Å²) in [4.78, 5) is 14.5. The SMILES string of the molecule is CC(O)C(C)(NS(=O)(=O)c1cccnc1)C(=O)O. The van der Waals surface area contributed by atoms with Crippen LogP contribution in [0, 0.1) is 0 Å². The molecule has 2 unspecified atom stereocenters. The minimum Gasteiger partial charge on any atom is -0.480 e. The van der Waals surface area contributed by atoms with E-state index in [2.05, 4.69) is 4.98 Å². The van der Waals surface area contributed by atoms with Gasteiger partial charge in [0, 0.05) is 12.4 Å². The van der Waals surface area contributed by atoms with Gasteiger partial charge < -0.3 is 10.2 Å². The Labute approximate surface area is 105 Å². The Morgan fingerprint density at radius 3 is 2.56 bits per heavy atom. The quantitative estimate of drug-likeness (QED) is 0.671. The second-order valence-corrected chi connectivity index (χ2v) is 5.66. The number of hydrogen-bond donors (Lipinski definition) is 3. The van der Waals surface area contributed by atoms with Crippen molar-refractivity contribution >= 4 is 16.0 Å². The van der Waals surface area contributed by atoms with Crippen molar-refractivity contribution in [3.05, 3.63) is 24.5 Å². The molecule has 3 N–H and O–H groups in total. The molecule has 0 aliphatic carbocycles. The van der Waals surface area contributed by atoms with Gasteiger partial charge in [-0.1, -0.05) is 0 Å². The number of nitrogens with zero attached hydrogens (tertiary/aromatic N) is 1. The maximum Gasteiger partial charge on any atom is 0.327 e. The van der Waals surface area contributed by atoms with Gasteiger partial charge in [0.2, 0.25) is 10.0 Å². The van der Waals surface area contributed by atoms with Crippen molar-refractivity contribution < 1.29 is 23.4 Å². The molecule has 0 amide bonds. The lowest BCUT2D eigenvalue weighted by Gasteiger charge is -2.28. The summed E-state index contributed by atoms with van der Waals surface area (Å²) in [6.45, 7) is 2.29. The smallest absolute Gasteiger partial charge is 0.327 e. The summed E-state index contributed by atoms with van der Waals surface area (Å²) in [5.74, 6) is -1.47. The van der Waals surface area contributed by atoms with Gasteiger partial charge in [-0.25, -0.2) is 8.42 Å². The van der Waals surface area contributed by atoms with Crippen LogP contribution in [0.1, 0.15) is 13.8 Å². The van der Waals surface area contributed by atoms with Gasteiger partial charge in [-0.3, -0.25) is 9.78 Å². The molecule has 0 aliphatic rings. The van der Waals surface area contributed by atoms with E-state index in [0.717, 1.165) is 13.1 Å². The summed E-state index contributed by atoms with van der Waals surface area (Å²) in [5.41, 5.74) is -2.01. The van der Waals surface area contributed by atoms with Crippen molar-refractivity contribution in [2.75, 3.05) is 0 Å². The standard InChI is InChI=1S/C10H14N2O5S/c1-7(13)10(2,9(14)15)12-18(16,17)8-4-3-5-11-6-8/h3-7,12-13H,1-2H3,(H,14,15). The average Bonchev–Trinajstić information content (AvgIpc) is 2.29. The summed E-state index contributed by atoms with van der Waals surface area (Å²) in [7, 11) is -4.06. The van der Waals surface area contributed by atoms with Crippen LogP contribution in [0.25, 0.3) is 0 Å². The highest BCUT2D eigenvalue weighted by atomic mass is 32.2. The molecule has 0 spiro atoms. The Morgan fingerprint density at radius 2 is 2.17 bits per heavy atom. The summed E-state index contributed by atoms with van der Waals surface area (Å²) < 4.78 is 25.8. The predicted molar refractivity (Wildman–Crippen MR) is 62.3 cm³/mol. The van der Waals surface area contributed by atoms with Crippen LogP contribution in [0.3, 0.4) is 0 Å². The maximum absolute atomic E-state index is 11.9. The monoisotopic (exact) mass is 274 g/mol. The fraction of sp³-hybridized carbons (Fsp3) is 0.400. The van der Waals surface area contributed by atoms with Crippen LogP contribution < -0.4 is 4.72 Å². The zero-order valence-corrected chi connectivity index (χ0v) is 10.7. The Bertz CT molecular complexity index is 528. The van der Waals surface area contributed by atoms with Gasteiger partial charge in [-0.05, 0) is 26.0 Å². The number of carbonyl (C=O) groups is 1. The van der Waals surface area contributed by atoms with Gasteiger partial charge in [0.1, 0.15) is 4.90 Å². The average molecular weight is 274 g/mol. The van der Waals surface area contributed by atoms with Gasteiger partial charge in [0.05, 0.1) is 6.10 Å². The summed E-state index contributed by atoms with van der Waals surface area (Å²) in [6.07, 6.45) is 1.08. The van der Waals surface area contributed by atoms with Gasteiger partial charge in [0.25, 0.3) is 0 Å². The van der Waals surface area contributed by atoms with E-state index in [0.29, 0.717) is 0 Å². The third kappa shape index (κ3) is 2.84. The molecule has 0 fully saturated rings. The molecule has 0 saturated heterocycles. The Morgan fingerprint density at radius 1 is 1.56 bits per heavy atom. The third-order valence-electron chi connectivity index (χ3n) is 2.57. The molecule has 18 heavy (non-hydrogen) atoms. The van der Waals surface area contributed by atoms with Gasteiger partial charge in [-0.15, -0.1) is 0 Å². The first-order chi connectivity index (χ1) is 8.20. The van der Waals surface area contributed by atoms with Crippen molar-refractivity contribution in [2.45, 2.75) is 30.4 Å². The van der Waals surface area contributed by atoms with E-state index in [9.17, 15) is 18.3 Å². The van der Waals surface area contributed by atoms with E-state index in [1.165, 1.54) is 25.3 Å². The largest absolute Gasteiger partial charge is 0.480 e. The van der Waals surface area contributed by atoms with Crippen LogP contribution in [0.5, 0.6) is 0 Å². The fourth-order valence-corrected chi connectivity index (χ4v) is 2.54. The van der Waals surface area contributed by atoms with E-state index in [-0.39, 0.29) is 4.90 Å². The topological polar surface area (TPSA) is 117 Å². The number of aliphatic hydroxyl groups is 1. The normalized spacial score (nSPS) is 16.8. The van der Waals surface area contributed by atoms with Crippen LogP contribution in [-0.2, 0) is 14.8 Å². The molecule has 0 aliphatic heterocycles. The fourth-order valence-electron chi connectivity index (χ4n) is 1.15. The van der Waals surface area contributed by atoms with Crippen LogP contribution >= 0.6 is 0 Å². The van der Waals surface area contributed by atoms with E-state index >= 15 is 0 Å². The van der Waals surface area contributed by atoms with Crippen LogP contribution in [0.2, 0.25) is 0 Å². The molecule has 0 saturated carbocycles. The highest BCUT2D eigenvalue weighted by Gasteiger charge is 2.42. The first kappa shape index (κ1) is 14.6. The molecule has 0 aromatic carbocycles. The zero-order valence-electron chi connectivity index (χ0n) is 9.86. The first-order valence-electron chi connectivity index (χ1n) is 5.05. The molecule has 0 bridgehead atoms. The Kier molecular flexibility index (Phi) is 4.05. The van der Waals surface area contributed by atoms with Crippen molar-refractivity contribution in [1.29, 1.82) is 0 Å². The highest BCUT2D eigenvalue weighted by Crippen LogP contribution is 2.16. The number of nitrogens with one attached hydrogen (secondary N) is 1. The lowest BCUT2D eigenvalue weighted by molar-refractivity contribution is -0.147. The Hall–Kier alpha value is -1.51. The van der Waals surface area contributed by atoms with E-state index in [1.54, 1.807) is 0 Å². The number of rotatable bonds is 5. The van der Waals surface area contributed by atoms with E-state index in [4.69, 9.17) is 5.11 Å². The molecular weight excluding hydrogens is 260 g/mol. The minimum atomic E-state index is -4.06. The summed E-state index contributed by atoms with van der Waals surface area (Å²) >= 11 is 0. The van der Waals surface area contributed by atoms with Crippen molar-refractivity contribution in [2.24, 2.45) is 0 Å². The van der Waals surface area contributed by atoms with Crippen molar-refractivity contribution in [3.8, 4) is 0 Å².